The highest BCUT2D eigenvalue weighted by Gasteiger charge is 2.11. The minimum Gasteiger partial charge on any atom is -0.313 e. The van der Waals surface area contributed by atoms with Gasteiger partial charge in [0, 0.05) is 12.6 Å². The van der Waals surface area contributed by atoms with Gasteiger partial charge in [0.25, 0.3) is 0 Å². The van der Waals surface area contributed by atoms with Crippen LogP contribution in [0.15, 0.2) is 0 Å². The topological polar surface area (TPSA) is 15.3 Å². The predicted octanol–water partition coefficient (Wildman–Crippen LogP) is 2.74. The van der Waals surface area contributed by atoms with E-state index in [1.54, 1.807) is 0 Å². The molecule has 1 N–H and O–H groups in total. The normalized spacial score (nSPS) is 14.6. The van der Waals surface area contributed by atoms with Gasteiger partial charge in [0.1, 0.15) is 0 Å². The molecule has 0 fully saturated rings. The summed E-state index contributed by atoms with van der Waals surface area (Å²) in [6.45, 7) is 18.2. The second kappa shape index (κ2) is 7.24. The van der Waals surface area contributed by atoms with Crippen LogP contribution in [0.2, 0.25) is 0 Å². The molecule has 15 heavy (non-hydrogen) atoms. The molecule has 0 radical (unpaired) electrons. The Labute approximate surface area is 96.4 Å². The summed E-state index contributed by atoms with van der Waals surface area (Å²) in [6, 6.07) is 0.604. The molecular formula is C13H30N2. The van der Waals surface area contributed by atoms with E-state index >= 15 is 0 Å². The van der Waals surface area contributed by atoms with Gasteiger partial charge in [0.15, 0.2) is 0 Å². The zero-order valence-corrected chi connectivity index (χ0v) is 11.6. The zero-order chi connectivity index (χ0) is 11.9. The summed E-state index contributed by atoms with van der Waals surface area (Å²) in [5, 5.41) is 3.60. The standard InChI is InChI=1S/C13H30N2/c1-7-15(8-2)11-12(3)14-10-9-13(4,5)6/h12,14H,7-11H2,1-6H3. The SMILES string of the molecule is CCN(CC)CC(C)NCCC(C)(C)C. The summed E-state index contributed by atoms with van der Waals surface area (Å²) in [7, 11) is 0. The first-order chi connectivity index (χ1) is 6.89. The average molecular weight is 214 g/mol. The lowest BCUT2D eigenvalue weighted by Crippen LogP contribution is -2.40. The predicted molar refractivity (Wildman–Crippen MR) is 69.3 cm³/mol. The Morgan fingerprint density at radius 1 is 1.13 bits per heavy atom. The van der Waals surface area contributed by atoms with Crippen molar-refractivity contribution >= 4 is 0 Å². The molecule has 92 valence electrons. The van der Waals surface area contributed by atoms with Crippen molar-refractivity contribution in [3.63, 3.8) is 0 Å². The molecule has 0 amide bonds. The Morgan fingerprint density at radius 3 is 2.07 bits per heavy atom. The van der Waals surface area contributed by atoms with Crippen molar-refractivity contribution in [3.05, 3.63) is 0 Å². The molecule has 1 atom stereocenters. The molecular weight excluding hydrogens is 184 g/mol. The zero-order valence-electron chi connectivity index (χ0n) is 11.6. The van der Waals surface area contributed by atoms with Crippen LogP contribution in [0.25, 0.3) is 0 Å². The third kappa shape index (κ3) is 8.88. The van der Waals surface area contributed by atoms with Crippen molar-refractivity contribution < 1.29 is 0 Å². The monoisotopic (exact) mass is 214 g/mol. The summed E-state index contributed by atoms with van der Waals surface area (Å²) in [6.07, 6.45) is 1.25. The second-order valence-corrected chi connectivity index (χ2v) is 5.65. The molecule has 0 aliphatic rings. The van der Waals surface area contributed by atoms with Crippen molar-refractivity contribution in [2.24, 2.45) is 5.41 Å². The number of nitrogens with one attached hydrogen (secondary N) is 1. The van der Waals surface area contributed by atoms with Gasteiger partial charge < -0.3 is 10.2 Å². The first-order valence-corrected chi connectivity index (χ1v) is 6.34. The number of hydrogen-bond donors (Lipinski definition) is 1. The van der Waals surface area contributed by atoms with Gasteiger partial charge in [0.2, 0.25) is 0 Å². The summed E-state index contributed by atoms with van der Waals surface area (Å²) in [4.78, 5) is 2.47. The largest absolute Gasteiger partial charge is 0.313 e. The molecule has 0 aromatic heterocycles. The van der Waals surface area contributed by atoms with Crippen LogP contribution in [0.4, 0.5) is 0 Å². The molecule has 2 nitrogen and oxygen atoms in total. The minimum absolute atomic E-state index is 0.446. The molecule has 0 rings (SSSR count). The van der Waals surface area contributed by atoms with Crippen LogP contribution in [0.3, 0.4) is 0 Å². The quantitative estimate of drug-likeness (QED) is 0.701. The molecule has 0 aromatic carbocycles. The first-order valence-electron chi connectivity index (χ1n) is 6.34. The number of likely N-dealkylation sites (N-methyl/N-ethyl adjacent to an activating group) is 1. The molecule has 1 unspecified atom stereocenters. The Balaban J connectivity index is 3.61. The summed E-state index contributed by atoms with van der Waals surface area (Å²) in [5.74, 6) is 0. The molecule has 0 aromatic rings. The summed E-state index contributed by atoms with van der Waals surface area (Å²) in [5.41, 5.74) is 0.446. The highest BCUT2D eigenvalue weighted by Crippen LogP contribution is 2.16. The molecule has 0 saturated heterocycles. The third-order valence-corrected chi connectivity index (χ3v) is 2.79. The van der Waals surface area contributed by atoms with Crippen molar-refractivity contribution in [3.8, 4) is 0 Å². The van der Waals surface area contributed by atoms with Gasteiger partial charge in [-0.2, -0.15) is 0 Å². The van der Waals surface area contributed by atoms with Gasteiger partial charge in [0.05, 0.1) is 0 Å². The average Bonchev–Trinajstić information content (AvgIpc) is 2.12. The molecule has 0 spiro atoms. The van der Waals surface area contributed by atoms with Crippen LogP contribution in [-0.2, 0) is 0 Å². The molecule has 0 saturated carbocycles. The fraction of sp³-hybridized carbons (Fsp3) is 1.00. The van der Waals surface area contributed by atoms with Crippen LogP contribution >= 0.6 is 0 Å². The van der Waals surface area contributed by atoms with E-state index in [4.69, 9.17) is 0 Å². The molecule has 0 aliphatic carbocycles. The Kier molecular flexibility index (Phi) is 7.20. The van der Waals surface area contributed by atoms with Crippen LogP contribution in [-0.4, -0.2) is 37.1 Å². The molecule has 0 heterocycles. The van der Waals surface area contributed by atoms with Crippen molar-refractivity contribution in [2.75, 3.05) is 26.2 Å². The lowest BCUT2D eigenvalue weighted by molar-refractivity contribution is 0.264. The van der Waals surface area contributed by atoms with Gasteiger partial charge in [-0.25, -0.2) is 0 Å². The second-order valence-electron chi connectivity index (χ2n) is 5.65. The number of nitrogens with zero attached hydrogens (tertiary/aromatic N) is 1. The summed E-state index contributed by atoms with van der Waals surface area (Å²) < 4.78 is 0. The van der Waals surface area contributed by atoms with Crippen LogP contribution in [0.5, 0.6) is 0 Å². The first kappa shape index (κ1) is 14.9. The molecule has 0 aliphatic heterocycles. The van der Waals surface area contributed by atoms with Gasteiger partial charge >= 0.3 is 0 Å². The van der Waals surface area contributed by atoms with Gasteiger partial charge in [-0.05, 0) is 38.4 Å². The van der Waals surface area contributed by atoms with Crippen LogP contribution in [0.1, 0.15) is 48.0 Å². The van der Waals surface area contributed by atoms with E-state index < -0.39 is 0 Å². The molecule has 2 heteroatoms. The van der Waals surface area contributed by atoms with E-state index in [1.165, 1.54) is 6.42 Å². The third-order valence-electron chi connectivity index (χ3n) is 2.79. The Morgan fingerprint density at radius 2 is 1.67 bits per heavy atom. The lowest BCUT2D eigenvalue weighted by atomic mass is 9.92. The highest BCUT2D eigenvalue weighted by atomic mass is 15.1. The number of rotatable bonds is 7. The lowest BCUT2D eigenvalue weighted by Gasteiger charge is -2.25. The summed E-state index contributed by atoms with van der Waals surface area (Å²) >= 11 is 0. The smallest absolute Gasteiger partial charge is 0.0166 e. The maximum absolute atomic E-state index is 3.60. The minimum atomic E-state index is 0.446. The highest BCUT2D eigenvalue weighted by molar-refractivity contribution is 4.69. The maximum atomic E-state index is 3.60. The van der Waals surface area contributed by atoms with E-state index in [2.05, 4.69) is 51.8 Å². The van der Waals surface area contributed by atoms with Crippen molar-refractivity contribution in [1.29, 1.82) is 0 Å². The van der Waals surface area contributed by atoms with E-state index in [-0.39, 0.29) is 0 Å². The van der Waals surface area contributed by atoms with E-state index in [9.17, 15) is 0 Å². The van der Waals surface area contributed by atoms with Gasteiger partial charge in [-0.1, -0.05) is 34.6 Å². The van der Waals surface area contributed by atoms with E-state index in [1.807, 2.05) is 0 Å². The fourth-order valence-electron chi connectivity index (χ4n) is 1.63. The van der Waals surface area contributed by atoms with Crippen LogP contribution < -0.4 is 5.32 Å². The van der Waals surface area contributed by atoms with Crippen molar-refractivity contribution in [2.45, 2.75) is 54.0 Å². The Hall–Kier alpha value is -0.0800. The van der Waals surface area contributed by atoms with Gasteiger partial charge in [-0.15, -0.1) is 0 Å². The maximum Gasteiger partial charge on any atom is 0.0166 e. The fourth-order valence-corrected chi connectivity index (χ4v) is 1.63. The van der Waals surface area contributed by atoms with E-state index in [0.29, 0.717) is 11.5 Å². The number of hydrogen-bond acceptors (Lipinski definition) is 2. The van der Waals surface area contributed by atoms with Crippen LogP contribution in [0, 0.1) is 5.41 Å². The van der Waals surface area contributed by atoms with E-state index in [0.717, 1.165) is 26.2 Å². The Bertz CT molecular complexity index is 145. The molecule has 0 bridgehead atoms. The van der Waals surface area contributed by atoms with Gasteiger partial charge in [-0.3, -0.25) is 0 Å². The van der Waals surface area contributed by atoms with Crippen molar-refractivity contribution in [1.82, 2.24) is 10.2 Å².